The first-order valence-corrected chi connectivity index (χ1v) is 5.26. The largest absolute Gasteiger partial charge is 0.489 e. The van der Waals surface area contributed by atoms with Gasteiger partial charge in [0, 0.05) is 5.69 Å². The SMILES string of the molecule is N#Cc1ccccc1N.c1cc2cc(c1)OC2. The van der Waals surface area contributed by atoms with E-state index in [9.17, 15) is 0 Å². The number of fused-ring (bicyclic) bond motifs is 2. The normalized spacial score (nSPS) is 10.8. The maximum atomic E-state index is 8.39. The molecule has 0 saturated heterocycles. The van der Waals surface area contributed by atoms with Gasteiger partial charge in [-0.3, -0.25) is 0 Å². The molecule has 0 unspecified atom stereocenters. The molecule has 2 aromatic carbocycles. The van der Waals surface area contributed by atoms with Crippen molar-refractivity contribution < 1.29 is 4.74 Å². The van der Waals surface area contributed by atoms with E-state index < -0.39 is 0 Å². The highest BCUT2D eigenvalue weighted by atomic mass is 16.5. The summed E-state index contributed by atoms with van der Waals surface area (Å²) < 4.78 is 5.18. The van der Waals surface area contributed by atoms with Crippen LogP contribution in [0.5, 0.6) is 5.75 Å². The smallest absolute Gasteiger partial charge is 0.120 e. The fraction of sp³-hybridized carbons (Fsp3) is 0.0714. The lowest BCUT2D eigenvalue weighted by Crippen LogP contribution is -1.87. The van der Waals surface area contributed by atoms with Crippen LogP contribution in [0, 0.1) is 11.3 Å². The molecule has 1 heterocycles. The van der Waals surface area contributed by atoms with Gasteiger partial charge in [-0.1, -0.05) is 24.3 Å². The highest BCUT2D eigenvalue weighted by molar-refractivity contribution is 5.53. The summed E-state index contributed by atoms with van der Waals surface area (Å²) in [5.41, 5.74) is 7.77. The number of hydrogen-bond acceptors (Lipinski definition) is 3. The fourth-order valence-electron chi connectivity index (χ4n) is 1.49. The van der Waals surface area contributed by atoms with Gasteiger partial charge < -0.3 is 10.5 Å². The van der Waals surface area contributed by atoms with Crippen molar-refractivity contribution >= 4 is 5.69 Å². The number of nitrogens with two attached hydrogens (primary N) is 1. The lowest BCUT2D eigenvalue weighted by Gasteiger charge is -1.91. The Morgan fingerprint density at radius 3 is 2.53 bits per heavy atom. The number of nitrogens with zero attached hydrogens (tertiary/aromatic N) is 1. The lowest BCUT2D eigenvalue weighted by atomic mass is 10.2. The second-order valence-corrected chi connectivity index (χ2v) is 3.64. The molecule has 2 N–H and O–H groups in total. The zero-order valence-corrected chi connectivity index (χ0v) is 9.26. The maximum absolute atomic E-state index is 8.39. The molecule has 0 spiro atoms. The van der Waals surface area contributed by atoms with Crippen molar-refractivity contribution in [3.63, 3.8) is 0 Å². The second kappa shape index (κ2) is 5.04. The van der Waals surface area contributed by atoms with Gasteiger partial charge in [-0.05, 0) is 29.8 Å². The van der Waals surface area contributed by atoms with Crippen LogP contribution in [-0.2, 0) is 6.61 Å². The van der Waals surface area contributed by atoms with Gasteiger partial charge in [-0.2, -0.15) is 5.26 Å². The molecule has 0 radical (unpaired) electrons. The van der Waals surface area contributed by atoms with Crippen LogP contribution in [0.1, 0.15) is 11.1 Å². The Morgan fingerprint density at radius 2 is 1.94 bits per heavy atom. The van der Waals surface area contributed by atoms with Crippen LogP contribution in [0.2, 0.25) is 0 Å². The minimum Gasteiger partial charge on any atom is -0.489 e. The average Bonchev–Trinajstić information content (AvgIpc) is 2.70. The Labute approximate surface area is 100 Å². The molecular weight excluding hydrogens is 212 g/mol. The van der Waals surface area contributed by atoms with E-state index in [0.29, 0.717) is 11.3 Å². The first-order valence-electron chi connectivity index (χ1n) is 5.26. The van der Waals surface area contributed by atoms with Gasteiger partial charge >= 0.3 is 0 Å². The van der Waals surface area contributed by atoms with E-state index in [1.54, 1.807) is 24.3 Å². The number of nitriles is 1. The second-order valence-electron chi connectivity index (χ2n) is 3.64. The van der Waals surface area contributed by atoms with Crippen molar-refractivity contribution in [2.45, 2.75) is 6.61 Å². The van der Waals surface area contributed by atoms with Crippen LogP contribution in [0.3, 0.4) is 0 Å². The molecule has 0 aliphatic carbocycles. The molecule has 0 amide bonds. The summed E-state index contributed by atoms with van der Waals surface area (Å²) in [5, 5.41) is 8.39. The minimum atomic E-state index is 0.539. The lowest BCUT2D eigenvalue weighted by molar-refractivity contribution is 0.328. The fourth-order valence-corrected chi connectivity index (χ4v) is 1.49. The average molecular weight is 224 g/mol. The zero-order valence-electron chi connectivity index (χ0n) is 9.26. The highest BCUT2D eigenvalue weighted by Crippen LogP contribution is 2.20. The monoisotopic (exact) mass is 224 g/mol. The van der Waals surface area contributed by atoms with E-state index in [1.807, 2.05) is 18.2 Å². The summed E-state index contributed by atoms with van der Waals surface area (Å²) in [4.78, 5) is 0. The van der Waals surface area contributed by atoms with Gasteiger partial charge in [0.05, 0.1) is 5.56 Å². The van der Waals surface area contributed by atoms with Gasteiger partial charge in [0.2, 0.25) is 0 Å². The molecule has 1 aliphatic heterocycles. The molecule has 0 saturated carbocycles. The molecule has 3 nitrogen and oxygen atoms in total. The first kappa shape index (κ1) is 11.0. The number of ether oxygens (including phenoxy) is 1. The number of nitrogen functional groups attached to an aromatic ring is 1. The molecule has 17 heavy (non-hydrogen) atoms. The third kappa shape index (κ3) is 2.76. The van der Waals surface area contributed by atoms with Gasteiger partial charge in [-0.15, -0.1) is 0 Å². The number of benzene rings is 2. The predicted molar refractivity (Wildman–Crippen MR) is 66.3 cm³/mol. The van der Waals surface area contributed by atoms with Crippen molar-refractivity contribution in [3.8, 4) is 11.8 Å². The summed E-state index contributed by atoms with van der Waals surface area (Å²) in [6.45, 7) is 0.766. The van der Waals surface area contributed by atoms with Gasteiger partial charge in [0.25, 0.3) is 0 Å². The van der Waals surface area contributed by atoms with Crippen molar-refractivity contribution in [1.29, 1.82) is 5.26 Å². The number of para-hydroxylation sites is 1. The van der Waals surface area contributed by atoms with Crippen molar-refractivity contribution in [3.05, 3.63) is 59.7 Å². The Kier molecular flexibility index (Phi) is 3.27. The van der Waals surface area contributed by atoms with Crippen LogP contribution in [0.25, 0.3) is 0 Å². The molecule has 0 aromatic heterocycles. The standard InChI is InChI=1S/C7H6N2.C7H6O/c8-5-6-3-1-2-4-7(6)9;1-2-6-4-7(3-1)8-5-6/h1-4H,9H2;1-4H,5H2. The first-order chi connectivity index (χ1) is 8.29. The number of hydrogen-bond donors (Lipinski definition) is 1. The molecular formula is C14H12N2O. The van der Waals surface area contributed by atoms with Crippen LogP contribution in [0.4, 0.5) is 5.69 Å². The van der Waals surface area contributed by atoms with Gasteiger partial charge in [0.1, 0.15) is 18.4 Å². The van der Waals surface area contributed by atoms with Crippen molar-refractivity contribution in [1.82, 2.24) is 0 Å². The van der Waals surface area contributed by atoms with Crippen LogP contribution in [-0.4, -0.2) is 0 Å². The predicted octanol–water partition coefficient (Wildman–Crippen LogP) is 2.72. The van der Waals surface area contributed by atoms with E-state index in [2.05, 4.69) is 12.1 Å². The quantitative estimate of drug-likeness (QED) is 0.700. The van der Waals surface area contributed by atoms with Crippen molar-refractivity contribution in [2.24, 2.45) is 0 Å². The zero-order chi connectivity index (χ0) is 12.1. The maximum Gasteiger partial charge on any atom is 0.120 e. The molecule has 2 aromatic rings. The van der Waals surface area contributed by atoms with Crippen LogP contribution < -0.4 is 10.5 Å². The molecule has 3 rings (SSSR count). The third-order valence-corrected chi connectivity index (χ3v) is 2.39. The number of anilines is 1. The van der Waals surface area contributed by atoms with E-state index >= 15 is 0 Å². The van der Waals surface area contributed by atoms with E-state index in [-0.39, 0.29) is 0 Å². The van der Waals surface area contributed by atoms with Gasteiger partial charge in [0.15, 0.2) is 0 Å². The summed E-state index contributed by atoms with van der Waals surface area (Å²) >= 11 is 0. The molecule has 84 valence electrons. The summed E-state index contributed by atoms with van der Waals surface area (Å²) in [5.74, 6) is 1.00. The van der Waals surface area contributed by atoms with Crippen molar-refractivity contribution in [2.75, 3.05) is 5.73 Å². The molecule has 0 atom stereocenters. The van der Waals surface area contributed by atoms with E-state index in [0.717, 1.165) is 12.4 Å². The Hall–Kier alpha value is -2.47. The molecule has 1 aliphatic rings. The molecule has 3 heteroatoms. The van der Waals surface area contributed by atoms with Gasteiger partial charge in [-0.25, -0.2) is 0 Å². The van der Waals surface area contributed by atoms with Crippen LogP contribution >= 0.6 is 0 Å². The highest BCUT2D eigenvalue weighted by Gasteiger charge is 2.03. The topological polar surface area (TPSA) is 59.0 Å². The third-order valence-electron chi connectivity index (χ3n) is 2.39. The Bertz CT molecular complexity index is 539. The molecule has 0 fully saturated rings. The summed E-state index contributed by atoms with van der Waals surface area (Å²) in [7, 11) is 0. The Morgan fingerprint density at radius 1 is 1.12 bits per heavy atom. The molecule has 2 bridgehead atoms. The number of rotatable bonds is 0. The van der Waals surface area contributed by atoms with Crippen LogP contribution in [0.15, 0.2) is 48.5 Å². The Balaban J connectivity index is 0.000000127. The van der Waals surface area contributed by atoms with E-state index in [1.165, 1.54) is 5.56 Å². The minimum absolute atomic E-state index is 0.539. The van der Waals surface area contributed by atoms with E-state index in [4.69, 9.17) is 15.7 Å². The summed E-state index contributed by atoms with van der Waals surface area (Å²) in [6.07, 6.45) is 0. The summed E-state index contributed by atoms with van der Waals surface area (Å²) in [6, 6.07) is 17.1.